The lowest BCUT2D eigenvalue weighted by atomic mass is 9.96. The van der Waals surface area contributed by atoms with Crippen molar-refractivity contribution in [2.75, 3.05) is 20.2 Å². The second-order valence-corrected chi connectivity index (χ2v) is 7.17. The smallest absolute Gasteiger partial charge is 0.119 e. The van der Waals surface area contributed by atoms with E-state index in [4.69, 9.17) is 16.3 Å². The zero-order valence-electron chi connectivity index (χ0n) is 16.1. The van der Waals surface area contributed by atoms with Gasteiger partial charge >= 0.3 is 0 Å². The van der Waals surface area contributed by atoms with Crippen LogP contribution in [0.3, 0.4) is 0 Å². The summed E-state index contributed by atoms with van der Waals surface area (Å²) in [5.74, 6) is 0.867. The molecule has 0 amide bonds. The molecule has 0 radical (unpaired) electrons. The first-order valence-electron chi connectivity index (χ1n) is 9.59. The molecule has 3 aromatic rings. The highest BCUT2D eigenvalue weighted by Gasteiger charge is 2.13. The van der Waals surface area contributed by atoms with Gasteiger partial charge in [0.25, 0.3) is 0 Å². The summed E-state index contributed by atoms with van der Waals surface area (Å²) in [6, 6.07) is 28.9. The molecule has 0 aromatic heterocycles. The lowest BCUT2D eigenvalue weighted by Crippen LogP contribution is -2.15. The molecular weight excluding hydrogens is 366 g/mol. The van der Waals surface area contributed by atoms with Gasteiger partial charge in [0.15, 0.2) is 0 Å². The highest BCUT2D eigenvalue weighted by Crippen LogP contribution is 2.34. The van der Waals surface area contributed by atoms with Crippen molar-refractivity contribution in [3.05, 3.63) is 102 Å². The third kappa shape index (κ3) is 5.98. The minimum Gasteiger partial charge on any atom is -0.492 e. The zero-order chi connectivity index (χ0) is 19.6. The van der Waals surface area contributed by atoms with Crippen LogP contribution in [-0.4, -0.2) is 20.2 Å². The summed E-state index contributed by atoms with van der Waals surface area (Å²) in [6.07, 6.45) is 2.97. The Bertz CT molecular complexity index is 860. The largest absolute Gasteiger partial charge is 0.492 e. The van der Waals surface area contributed by atoms with Gasteiger partial charge in [0.2, 0.25) is 0 Å². The Balaban J connectivity index is 1.76. The molecule has 0 saturated heterocycles. The molecule has 3 rings (SSSR count). The Kier molecular flexibility index (Phi) is 7.71. The van der Waals surface area contributed by atoms with Gasteiger partial charge in [0.1, 0.15) is 12.4 Å². The van der Waals surface area contributed by atoms with Crippen LogP contribution < -0.4 is 10.1 Å². The predicted molar refractivity (Wildman–Crippen MR) is 120 cm³/mol. The van der Waals surface area contributed by atoms with Crippen molar-refractivity contribution in [3.8, 4) is 5.75 Å². The summed E-state index contributed by atoms with van der Waals surface area (Å²) < 4.78 is 5.69. The maximum Gasteiger partial charge on any atom is 0.119 e. The van der Waals surface area contributed by atoms with E-state index < -0.39 is 0 Å². The van der Waals surface area contributed by atoms with Gasteiger partial charge in [-0.25, -0.2) is 0 Å². The van der Waals surface area contributed by atoms with E-state index in [2.05, 4.69) is 72.1 Å². The molecule has 1 unspecified atom stereocenters. The molecule has 0 aliphatic rings. The van der Waals surface area contributed by atoms with E-state index in [1.807, 2.05) is 31.3 Å². The zero-order valence-corrected chi connectivity index (χ0v) is 16.9. The lowest BCUT2D eigenvalue weighted by molar-refractivity contribution is 0.318. The summed E-state index contributed by atoms with van der Waals surface area (Å²) in [7, 11) is 1.91. The molecule has 0 heterocycles. The minimum atomic E-state index is -0.110. The SMILES string of the molecule is CNCCOc1ccc(C(Cl)CC(=Cc2ccccc2)c2ccccc2)cc1. The summed E-state index contributed by atoms with van der Waals surface area (Å²) in [4.78, 5) is 0. The predicted octanol–water partition coefficient (Wildman–Crippen LogP) is 6.20. The number of hydrogen-bond acceptors (Lipinski definition) is 2. The van der Waals surface area contributed by atoms with Crippen LogP contribution in [0, 0.1) is 0 Å². The molecule has 0 fully saturated rings. The third-order valence-electron chi connectivity index (χ3n) is 4.55. The van der Waals surface area contributed by atoms with Crippen molar-refractivity contribution in [3.63, 3.8) is 0 Å². The second kappa shape index (κ2) is 10.7. The van der Waals surface area contributed by atoms with Crippen LogP contribution in [0.1, 0.15) is 28.5 Å². The van der Waals surface area contributed by atoms with Gasteiger partial charge in [-0.15, -0.1) is 11.6 Å². The molecule has 1 atom stereocenters. The molecule has 0 aliphatic carbocycles. The van der Waals surface area contributed by atoms with Crippen LogP contribution >= 0.6 is 11.6 Å². The Morgan fingerprint density at radius 1 is 0.929 bits per heavy atom. The van der Waals surface area contributed by atoms with Crippen molar-refractivity contribution in [2.24, 2.45) is 0 Å². The molecule has 2 nitrogen and oxygen atoms in total. The molecule has 3 heteroatoms. The Hall–Kier alpha value is -2.55. The Labute approximate surface area is 172 Å². The second-order valence-electron chi connectivity index (χ2n) is 6.64. The fourth-order valence-corrected chi connectivity index (χ4v) is 3.33. The summed E-state index contributed by atoms with van der Waals surface area (Å²) in [5, 5.41) is 2.96. The van der Waals surface area contributed by atoms with Gasteiger partial charge < -0.3 is 10.1 Å². The number of halogens is 1. The van der Waals surface area contributed by atoms with Gasteiger partial charge in [-0.05, 0) is 47.9 Å². The molecule has 1 N–H and O–H groups in total. The van der Waals surface area contributed by atoms with Gasteiger partial charge in [0, 0.05) is 6.54 Å². The first-order valence-corrected chi connectivity index (χ1v) is 10.0. The summed E-state index contributed by atoms with van der Waals surface area (Å²) in [5.41, 5.74) is 4.70. The molecular formula is C25H26ClNO. The van der Waals surface area contributed by atoms with E-state index >= 15 is 0 Å². The molecule has 3 aromatic carbocycles. The minimum absolute atomic E-state index is 0.110. The fourth-order valence-electron chi connectivity index (χ4n) is 3.02. The van der Waals surface area contributed by atoms with E-state index in [0.717, 1.165) is 24.3 Å². The van der Waals surface area contributed by atoms with E-state index in [9.17, 15) is 0 Å². The molecule has 0 spiro atoms. The Morgan fingerprint density at radius 3 is 2.21 bits per heavy atom. The van der Waals surface area contributed by atoms with E-state index in [1.165, 1.54) is 16.7 Å². The van der Waals surface area contributed by atoms with Crippen LogP contribution in [0.4, 0.5) is 0 Å². The monoisotopic (exact) mass is 391 g/mol. The van der Waals surface area contributed by atoms with Crippen molar-refractivity contribution < 1.29 is 4.74 Å². The van der Waals surface area contributed by atoms with Crippen molar-refractivity contribution >= 4 is 23.3 Å². The number of benzene rings is 3. The first kappa shape index (κ1) is 20.2. The quantitative estimate of drug-likeness (QED) is 0.266. The lowest BCUT2D eigenvalue weighted by Gasteiger charge is -2.15. The number of rotatable bonds is 9. The van der Waals surface area contributed by atoms with E-state index in [-0.39, 0.29) is 5.38 Å². The van der Waals surface area contributed by atoms with Crippen molar-refractivity contribution in [2.45, 2.75) is 11.8 Å². The van der Waals surface area contributed by atoms with Crippen molar-refractivity contribution in [1.29, 1.82) is 0 Å². The number of alkyl halides is 1. The van der Waals surface area contributed by atoms with Crippen LogP contribution in [0.2, 0.25) is 0 Å². The maximum absolute atomic E-state index is 6.80. The van der Waals surface area contributed by atoms with Crippen molar-refractivity contribution in [1.82, 2.24) is 5.32 Å². The molecule has 0 aliphatic heterocycles. The number of hydrogen-bond donors (Lipinski definition) is 1. The van der Waals surface area contributed by atoms with Gasteiger partial charge in [-0.2, -0.15) is 0 Å². The number of allylic oxidation sites excluding steroid dienone is 1. The highest BCUT2D eigenvalue weighted by molar-refractivity contribution is 6.21. The molecule has 28 heavy (non-hydrogen) atoms. The van der Waals surface area contributed by atoms with Crippen LogP contribution in [-0.2, 0) is 0 Å². The number of nitrogens with one attached hydrogen (secondary N) is 1. The topological polar surface area (TPSA) is 21.3 Å². The maximum atomic E-state index is 6.80. The molecule has 0 saturated carbocycles. The molecule has 144 valence electrons. The first-order chi connectivity index (χ1) is 13.8. The third-order valence-corrected chi connectivity index (χ3v) is 4.95. The number of likely N-dealkylation sites (N-methyl/N-ethyl adjacent to an activating group) is 1. The Morgan fingerprint density at radius 2 is 1.57 bits per heavy atom. The van der Waals surface area contributed by atoms with Crippen LogP contribution in [0.5, 0.6) is 5.75 Å². The summed E-state index contributed by atoms with van der Waals surface area (Å²) in [6.45, 7) is 1.47. The average Bonchev–Trinajstić information content (AvgIpc) is 2.75. The fraction of sp³-hybridized carbons (Fsp3) is 0.200. The standard InChI is InChI=1S/C25H26ClNO/c1-27-16-17-28-24-14-12-22(13-15-24)25(26)19-23(21-10-6-3-7-11-21)18-20-8-4-2-5-9-20/h2-15,18,25,27H,16-17,19H2,1H3. The van der Waals surface area contributed by atoms with Crippen LogP contribution in [0.15, 0.2) is 84.9 Å². The average molecular weight is 392 g/mol. The molecule has 0 bridgehead atoms. The normalized spacial score (nSPS) is 12.6. The van der Waals surface area contributed by atoms with E-state index in [0.29, 0.717) is 6.61 Å². The van der Waals surface area contributed by atoms with Gasteiger partial charge in [0.05, 0.1) is 5.38 Å². The van der Waals surface area contributed by atoms with Gasteiger partial charge in [-0.3, -0.25) is 0 Å². The van der Waals surface area contributed by atoms with E-state index in [1.54, 1.807) is 0 Å². The highest BCUT2D eigenvalue weighted by atomic mass is 35.5. The summed E-state index contributed by atoms with van der Waals surface area (Å²) >= 11 is 6.80. The van der Waals surface area contributed by atoms with Gasteiger partial charge in [-0.1, -0.05) is 78.9 Å². The number of ether oxygens (including phenoxy) is 1. The van der Waals surface area contributed by atoms with Crippen LogP contribution in [0.25, 0.3) is 11.6 Å².